The first-order valence-corrected chi connectivity index (χ1v) is 6.87. The molecule has 5 heteroatoms. The fraction of sp³-hybridized carbons (Fsp3) is 0.923. The van der Waals surface area contributed by atoms with Crippen molar-refractivity contribution in [1.82, 2.24) is 15.1 Å². The molecule has 2 unspecified atom stereocenters. The van der Waals surface area contributed by atoms with E-state index in [-0.39, 0.29) is 18.7 Å². The lowest BCUT2D eigenvalue weighted by atomic mass is 10.00. The first-order chi connectivity index (χ1) is 8.52. The average Bonchev–Trinajstić information content (AvgIpc) is 2.28. The number of hydrogen-bond donors (Lipinski definition) is 2. The SMILES string of the molecule is CC1CCCN(CC(C)NC(=O)N(C)CCO)C1. The Bertz CT molecular complexity index is 261. The molecule has 0 aromatic rings. The van der Waals surface area contributed by atoms with Gasteiger partial charge in [0.15, 0.2) is 0 Å². The predicted octanol–water partition coefficient (Wildman–Crippen LogP) is 0.740. The molecule has 1 saturated heterocycles. The van der Waals surface area contributed by atoms with Gasteiger partial charge >= 0.3 is 6.03 Å². The molecule has 5 nitrogen and oxygen atoms in total. The molecule has 2 N–H and O–H groups in total. The Balaban J connectivity index is 2.27. The van der Waals surface area contributed by atoms with Crippen LogP contribution in [-0.2, 0) is 0 Å². The van der Waals surface area contributed by atoms with Crippen LogP contribution in [0.25, 0.3) is 0 Å². The van der Waals surface area contributed by atoms with Gasteiger partial charge in [0.1, 0.15) is 0 Å². The van der Waals surface area contributed by atoms with Crippen LogP contribution in [0.4, 0.5) is 4.79 Å². The number of nitrogens with one attached hydrogen (secondary N) is 1. The van der Waals surface area contributed by atoms with Gasteiger partial charge in [-0.1, -0.05) is 6.92 Å². The molecule has 2 atom stereocenters. The third kappa shape index (κ3) is 5.23. The number of amides is 2. The highest BCUT2D eigenvalue weighted by atomic mass is 16.3. The van der Waals surface area contributed by atoms with Gasteiger partial charge in [-0.2, -0.15) is 0 Å². The quantitative estimate of drug-likeness (QED) is 0.764. The highest BCUT2D eigenvalue weighted by molar-refractivity contribution is 5.74. The number of nitrogens with zero attached hydrogens (tertiary/aromatic N) is 2. The number of piperidine rings is 1. The van der Waals surface area contributed by atoms with E-state index >= 15 is 0 Å². The second kappa shape index (κ2) is 7.59. The number of hydrogen-bond acceptors (Lipinski definition) is 3. The van der Waals surface area contributed by atoms with Crippen LogP contribution in [0.5, 0.6) is 0 Å². The average molecular weight is 257 g/mol. The Morgan fingerprint density at radius 2 is 2.33 bits per heavy atom. The number of likely N-dealkylation sites (N-methyl/N-ethyl adjacent to an activating group) is 1. The summed E-state index contributed by atoms with van der Waals surface area (Å²) < 4.78 is 0. The van der Waals surface area contributed by atoms with Crippen LogP contribution in [-0.4, -0.2) is 66.8 Å². The largest absolute Gasteiger partial charge is 0.395 e. The zero-order valence-corrected chi connectivity index (χ0v) is 11.9. The normalized spacial score (nSPS) is 22.6. The Morgan fingerprint density at radius 3 is 2.94 bits per heavy atom. The number of rotatable bonds is 5. The van der Waals surface area contributed by atoms with E-state index in [0.717, 1.165) is 25.6 Å². The summed E-state index contributed by atoms with van der Waals surface area (Å²) >= 11 is 0. The van der Waals surface area contributed by atoms with E-state index in [1.807, 2.05) is 6.92 Å². The predicted molar refractivity (Wildman–Crippen MR) is 72.5 cm³/mol. The lowest BCUT2D eigenvalue weighted by molar-refractivity contribution is 0.161. The topological polar surface area (TPSA) is 55.8 Å². The summed E-state index contributed by atoms with van der Waals surface area (Å²) in [6, 6.07) is 0.0329. The maximum atomic E-state index is 11.7. The first-order valence-electron chi connectivity index (χ1n) is 6.87. The molecule has 1 rings (SSSR count). The van der Waals surface area contributed by atoms with Gasteiger partial charge < -0.3 is 20.2 Å². The van der Waals surface area contributed by atoms with Crippen LogP contribution in [0.2, 0.25) is 0 Å². The zero-order valence-electron chi connectivity index (χ0n) is 11.9. The minimum Gasteiger partial charge on any atom is -0.395 e. The van der Waals surface area contributed by atoms with Gasteiger partial charge in [0.2, 0.25) is 0 Å². The van der Waals surface area contributed by atoms with E-state index in [4.69, 9.17) is 5.11 Å². The van der Waals surface area contributed by atoms with Gasteiger partial charge in [-0.15, -0.1) is 0 Å². The van der Waals surface area contributed by atoms with Crippen molar-refractivity contribution in [1.29, 1.82) is 0 Å². The summed E-state index contributed by atoms with van der Waals surface area (Å²) in [5, 5.41) is 11.7. The fourth-order valence-electron chi connectivity index (χ4n) is 2.46. The molecule has 0 saturated carbocycles. The summed E-state index contributed by atoms with van der Waals surface area (Å²) in [6.45, 7) is 7.86. The van der Waals surface area contributed by atoms with Gasteiger partial charge in [-0.3, -0.25) is 0 Å². The second-order valence-electron chi connectivity index (χ2n) is 5.50. The molecule has 0 bridgehead atoms. The molecule has 1 aliphatic heterocycles. The molecule has 0 aliphatic carbocycles. The van der Waals surface area contributed by atoms with Gasteiger partial charge in [0.25, 0.3) is 0 Å². The monoisotopic (exact) mass is 257 g/mol. The summed E-state index contributed by atoms with van der Waals surface area (Å²) in [4.78, 5) is 15.7. The van der Waals surface area contributed by atoms with E-state index in [1.54, 1.807) is 7.05 Å². The third-order valence-corrected chi connectivity index (χ3v) is 3.43. The van der Waals surface area contributed by atoms with Crippen LogP contribution in [0.15, 0.2) is 0 Å². The number of urea groups is 1. The Kier molecular flexibility index (Phi) is 6.43. The van der Waals surface area contributed by atoms with Crippen LogP contribution in [0.3, 0.4) is 0 Å². The van der Waals surface area contributed by atoms with Crippen LogP contribution < -0.4 is 5.32 Å². The molecule has 0 radical (unpaired) electrons. The van der Waals surface area contributed by atoms with Crippen molar-refractivity contribution < 1.29 is 9.90 Å². The number of likely N-dealkylation sites (tertiary alicyclic amines) is 1. The summed E-state index contributed by atoms with van der Waals surface area (Å²) in [5.74, 6) is 0.763. The lowest BCUT2D eigenvalue weighted by Crippen LogP contribution is -2.48. The van der Waals surface area contributed by atoms with Crippen molar-refractivity contribution in [3.05, 3.63) is 0 Å². The first kappa shape index (κ1) is 15.2. The van der Waals surface area contributed by atoms with Crippen LogP contribution >= 0.6 is 0 Å². The summed E-state index contributed by atoms with van der Waals surface area (Å²) in [5.41, 5.74) is 0. The molecular weight excluding hydrogens is 230 g/mol. The molecule has 1 heterocycles. The third-order valence-electron chi connectivity index (χ3n) is 3.43. The standard InChI is InChI=1S/C13H27N3O2/c1-11-5-4-6-16(9-11)10-12(2)14-13(18)15(3)7-8-17/h11-12,17H,4-10H2,1-3H3,(H,14,18). The molecular formula is C13H27N3O2. The molecule has 106 valence electrons. The number of aliphatic hydroxyl groups is 1. The van der Waals surface area contributed by atoms with Crippen molar-refractivity contribution in [2.24, 2.45) is 5.92 Å². The van der Waals surface area contributed by atoms with Crippen molar-refractivity contribution in [3.63, 3.8) is 0 Å². The zero-order chi connectivity index (χ0) is 13.5. The van der Waals surface area contributed by atoms with Crippen LogP contribution in [0.1, 0.15) is 26.7 Å². The number of carbonyl (C=O) groups excluding carboxylic acids is 1. The smallest absolute Gasteiger partial charge is 0.317 e. The van der Waals surface area contributed by atoms with Gasteiger partial charge in [-0.25, -0.2) is 4.79 Å². The molecule has 0 aromatic carbocycles. The van der Waals surface area contributed by atoms with Crippen molar-refractivity contribution >= 4 is 6.03 Å². The molecule has 0 aromatic heterocycles. The lowest BCUT2D eigenvalue weighted by Gasteiger charge is -2.33. The molecule has 0 spiro atoms. The highest BCUT2D eigenvalue weighted by Crippen LogP contribution is 2.15. The minimum absolute atomic E-state index is 0.00193. The van der Waals surface area contributed by atoms with Crippen LogP contribution in [0, 0.1) is 5.92 Å². The van der Waals surface area contributed by atoms with Crippen molar-refractivity contribution in [2.75, 3.05) is 39.8 Å². The Morgan fingerprint density at radius 1 is 1.61 bits per heavy atom. The second-order valence-corrected chi connectivity index (χ2v) is 5.50. The van der Waals surface area contributed by atoms with E-state index in [0.29, 0.717) is 6.54 Å². The summed E-state index contributed by atoms with van der Waals surface area (Å²) in [6.07, 6.45) is 2.57. The Hall–Kier alpha value is -0.810. The van der Waals surface area contributed by atoms with E-state index in [1.165, 1.54) is 17.7 Å². The van der Waals surface area contributed by atoms with E-state index in [9.17, 15) is 4.79 Å². The van der Waals surface area contributed by atoms with Crippen molar-refractivity contribution in [2.45, 2.75) is 32.7 Å². The minimum atomic E-state index is -0.110. The van der Waals surface area contributed by atoms with Gasteiger partial charge in [0, 0.05) is 32.7 Å². The van der Waals surface area contributed by atoms with Gasteiger partial charge in [0.05, 0.1) is 6.61 Å². The Labute approximate surface area is 110 Å². The van der Waals surface area contributed by atoms with Gasteiger partial charge in [-0.05, 0) is 32.2 Å². The number of carbonyl (C=O) groups is 1. The maximum Gasteiger partial charge on any atom is 0.317 e. The molecule has 1 aliphatic rings. The molecule has 2 amide bonds. The molecule has 1 fully saturated rings. The molecule has 18 heavy (non-hydrogen) atoms. The highest BCUT2D eigenvalue weighted by Gasteiger charge is 2.19. The fourth-order valence-corrected chi connectivity index (χ4v) is 2.46. The maximum absolute atomic E-state index is 11.7. The van der Waals surface area contributed by atoms with E-state index in [2.05, 4.69) is 17.1 Å². The summed E-state index contributed by atoms with van der Waals surface area (Å²) in [7, 11) is 1.70. The van der Waals surface area contributed by atoms with Crippen molar-refractivity contribution in [3.8, 4) is 0 Å². The van der Waals surface area contributed by atoms with E-state index < -0.39 is 0 Å². The number of aliphatic hydroxyl groups excluding tert-OH is 1.